The van der Waals surface area contributed by atoms with Gasteiger partial charge in [0.15, 0.2) is 0 Å². The molecule has 0 aromatic heterocycles. The number of carbonyl (C=O) groups is 1. The lowest BCUT2D eigenvalue weighted by molar-refractivity contribution is -0.123. The van der Waals surface area contributed by atoms with Gasteiger partial charge in [-0.3, -0.25) is 9.69 Å². The van der Waals surface area contributed by atoms with Crippen LogP contribution < -0.4 is 5.32 Å². The lowest BCUT2D eigenvalue weighted by atomic mass is 9.83. The molecule has 1 fully saturated rings. The van der Waals surface area contributed by atoms with Crippen molar-refractivity contribution in [2.45, 2.75) is 33.2 Å². The predicted octanol–water partition coefficient (Wildman–Crippen LogP) is 1.71. The highest BCUT2D eigenvalue weighted by atomic mass is 16.3. The minimum atomic E-state index is -0.0610. The summed E-state index contributed by atoms with van der Waals surface area (Å²) in [6, 6.07) is 8.09. The molecule has 0 spiro atoms. The van der Waals surface area contributed by atoms with Crippen molar-refractivity contribution < 1.29 is 9.90 Å². The molecule has 1 unspecified atom stereocenters. The molecule has 1 saturated heterocycles. The highest BCUT2D eigenvalue weighted by Crippen LogP contribution is 2.28. The molecule has 1 amide bonds. The van der Waals surface area contributed by atoms with E-state index in [-0.39, 0.29) is 17.9 Å². The molecular formula is C17H26N2O2. The van der Waals surface area contributed by atoms with Crippen molar-refractivity contribution in [2.75, 3.05) is 26.2 Å². The fraction of sp³-hybridized carbons (Fsp3) is 0.588. The fourth-order valence-corrected chi connectivity index (χ4v) is 2.95. The summed E-state index contributed by atoms with van der Waals surface area (Å²) in [6.07, 6.45) is 2.08. The lowest BCUT2D eigenvalue weighted by Gasteiger charge is -2.38. The van der Waals surface area contributed by atoms with Gasteiger partial charge in [0.05, 0.1) is 6.54 Å². The SMILES string of the molecule is Cc1ccccc1CNC(=O)CN1CCCC(C)(CO)C1. The maximum absolute atomic E-state index is 12.1. The molecule has 2 rings (SSSR count). The Kier molecular flexibility index (Phi) is 5.37. The molecule has 1 aliphatic heterocycles. The summed E-state index contributed by atoms with van der Waals surface area (Å²) in [4.78, 5) is 14.2. The van der Waals surface area contributed by atoms with E-state index in [9.17, 15) is 9.90 Å². The summed E-state index contributed by atoms with van der Waals surface area (Å²) < 4.78 is 0. The second-order valence-electron chi connectivity index (χ2n) is 6.49. The van der Waals surface area contributed by atoms with Crippen molar-refractivity contribution in [3.8, 4) is 0 Å². The van der Waals surface area contributed by atoms with Gasteiger partial charge in [-0.05, 0) is 37.4 Å². The Bertz CT molecular complexity index is 489. The van der Waals surface area contributed by atoms with E-state index >= 15 is 0 Å². The molecular weight excluding hydrogens is 264 g/mol. The second kappa shape index (κ2) is 7.05. The highest BCUT2D eigenvalue weighted by Gasteiger charge is 2.30. The van der Waals surface area contributed by atoms with Crippen LogP contribution in [-0.2, 0) is 11.3 Å². The average molecular weight is 290 g/mol. The zero-order valence-corrected chi connectivity index (χ0v) is 13.1. The molecule has 1 aliphatic rings. The van der Waals surface area contributed by atoms with Gasteiger partial charge in [-0.15, -0.1) is 0 Å². The molecule has 1 atom stereocenters. The summed E-state index contributed by atoms with van der Waals surface area (Å²) >= 11 is 0. The number of nitrogens with one attached hydrogen (secondary N) is 1. The number of aryl methyl sites for hydroxylation is 1. The molecule has 116 valence electrons. The Labute approximate surface area is 127 Å². The Balaban J connectivity index is 1.81. The monoisotopic (exact) mass is 290 g/mol. The first-order chi connectivity index (χ1) is 10.0. The number of aliphatic hydroxyl groups excluding tert-OH is 1. The van der Waals surface area contributed by atoms with Gasteiger partial charge >= 0.3 is 0 Å². The maximum atomic E-state index is 12.1. The van der Waals surface area contributed by atoms with E-state index in [4.69, 9.17) is 0 Å². The van der Waals surface area contributed by atoms with Crippen LogP contribution in [0, 0.1) is 12.3 Å². The third-order valence-electron chi connectivity index (χ3n) is 4.35. The van der Waals surface area contributed by atoms with Gasteiger partial charge in [-0.2, -0.15) is 0 Å². The lowest BCUT2D eigenvalue weighted by Crippen LogP contribution is -2.47. The van der Waals surface area contributed by atoms with Gasteiger partial charge in [0.1, 0.15) is 0 Å². The van der Waals surface area contributed by atoms with Crippen LogP contribution in [0.25, 0.3) is 0 Å². The van der Waals surface area contributed by atoms with E-state index in [1.807, 2.05) is 18.2 Å². The summed E-state index contributed by atoms with van der Waals surface area (Å²) in [5.41, 5.74) is 2.29. The Morgan fingerprint density at radius 1 is 1.43 bits per heavy atom. The van der Waals surface area contributed by atoms with Crippen molar-refractivity contribution in [1.29, 1.82) is 0 Å². The maximum Gasteiger partial charge on any atom is 0.234 e. The molecule has 1 heterocycles. The number of aliphatic hydroxyl groups is 1. The molecule has 1 aromatic rings. The third kappa shape index (κ3) is 4.55. The van der Waals surface area contributed by atoms with Gasteiger partial charge in [-0.1, -0.05) is 31.2 Å². The zero-order chi connectivity index (χ0) is 15.3. The van der Waals surface area contributed by atoms with Gasteiger partial charge in [0.2, 0.25) is 5.91 Å². The molecule has 0 aliphatic carbocycles. The molecule has 4 heteroatoms. The summed E-state index contributed by atoms with van der Waals surface area (Å²) in [6.45, 7) is 7.06. The first-order valence-corrected chi connectivity index (χ1v) is 7.67. The van der Waals surface area contributed by atoms with Crippen LogP contribution in [0.15, 0.2) is 24.3 Å². The summed E-state index contributed by atoms with van der Waals surface area (Å²) in [7, 11) is 0. The van der Waals surface area contributed by atoms with Crippen LogP contribution in [0.3, 0.4) is 0 Å². The molecule has 0 saturated carbocycles. The van der Waals surface area contributed by atoms with Gasteiger partial charge < -0.3 is 10.4 Å². The topological polar surface area (TPSA) is 52.6 Å². The van der Waals surface area contributed by atoms with E-state index < -0.39 is 0 Å². The number of amides is 1. The quantitative estimate of drug-likeness (QED) is 0.868. The number of rotatable bonds is 5. The first-order valence-electron chi connectivity index (χ1n) is 7.67. The highest BCUT2D eigenvalue weighted by molar-refractivity contribution is 5.78. The van der Waals surface area contributed by atoms with Crippen molar-refractivity contribution in [2.24, 2.45) is 5.41 Å². The minimum absolute atomic E-state index is 0.0560. The van der Waals surface area contributed by atoms with E-state index in [0.29, 0.717) is 13.1 Å². The molecule has 4 nitrogen and oxygen atoms in total. The Morgan fingerprint density at radius 2 is 2.19 bits per heavy atom. The van der Waals surface area contributed by atoms with Crippen LogP contribution in [-0.4, -0.2) is 42.2 Å². The van der Waals surface area contributed by atoms with Crippen LogP contribution >= 0.6 is 0 Å². The van der Waals surface area contributed by atoms with Crippen LogP contribution in [0.4, 0.5) is 0 Å². The number of nitrogens with zero attached hydrogens (tertiary/aromatic N) is 1. The smallest absolute Gasteiger partial charge is 0.234 e. The number of carbonyl (C=O) groups excluding carboxylic acids is 1. The van der Waals surface area contributed by atoms with Crippen LogP contribution in [0.1, 0.15) is 30.9 Å². The second-order valence-corrected chi connectivity index (χ2v) is 6.49. The number of hydrogen-bond acceptors (Lipinski definition) is 3. The fourth-order valence-electron chi connectivity index (χ4n) is 2.95. The average Bonchev–Trinajstić information content (AvgIpc) is 2.46. The van der Waals surface area contributed by atoms with Crippen molar-refractivity contribution >= 4 is 5.91 Å². The predicted molar refractivity (Wildman–Crippen MR) is 83.9 cm³/mol. The number of hydrogen-bond donors (Lipinski definition) is 2. The van der Waals surface area contributed by atoms with Crippen molar-refractivity contribution in [3.63, 3.8) is 0 Å². The molecule has 2 N–H and O–H groups in total. The van der Waals surface area contributed by atoms with E-state index in [1.54, 1.807) is 0 Å². The van der Waals surface area contributed by atoms with Crippen molar-refractivity contribution in [1.82, 2.24) is 10.2 Å². The largest absolute Gasteiger partial charge is 0.396 e. The van der Waals surface area contributed by atoms with E-state index in [2.05, 4.69) is 30.1 Å². The Morgan fingerprint density at radius 3 is 2.90 bits per heavy atom. The molecule has 21 heavy (non-hydrogen) atoms. The standard InChI is InChI=1S/C17H26N2O2/c1-14-6-3-4-7-15(14)10-18-16(21)11-19-9-5-8-17(2,12-19)13-20/h3-4,6-7,20H,5,8-13H2,1-2H3,(H,18,21). The van der Waals surface area contributed by atoms with Crippen LogP contribution in [0.5, 0.6) is 0 Å². The van der Waals surface area contributed by atoms with E-state index in [1.165, 1.54) is 5.56 Å². The third-order valence-corrected chi connectivity index (χ3v) is 4.35. The zero-order valence-electron chi connectivity index (χ0n) is 13.1. The minimum Gasteiger partial charge on any atom is -0.396 e. The summed E-state index contributed by atoms with van der Waals surface area (Å²) in [5, 5.41) is 12.4. The molecule has 0 radical (unpaired) electrons. The number of piperidine rings is 1. The normalized spacial score (nSPS) is 23.0. The number of likely N-dealkylation sites (tertiary alicyclic amines) is 1. The van der Waals surface area contributed by atoms with Gasteiger partial charge in [0, 0.05) is 25.1 Å². The van der Waals surface area contributed by atoms with Crippen molar-refractivity contribution in [3.05, 3.63) is 35.4 Å². The Hall–Kier alpha value is -1.39. The first kappa shape index (κ1) is 16.0. The van der Waals surface area contributed by atoms with Gasteiger partial charge in [-0.25, -0.2) is 0 Å². The summed E-state index contributed by atoms with van der Waals surface area (Å²) in [5.74, 6) is 0.0560. The van der Waals surface area contributed by atoms with Gasteiger partial charge in [0.25, 0.3) is 0 Å². The van der Waals surface area contributed by atoms with E-state index in [0.717, 1.165) is 31.5 Å². The van der Waals surface area contributed by atoms with Crippen LogP contribution in [0.2, 0.25) is 0 Å². The number of benzene rings is 1. The molecule has 0 bridgehead atoms. The molecule has 1 aromatic carbocycles.